The lowest BCUT2D eigenvalue weighted by Crippen LogP contribution is -2.69. The first-order valence-corrected chi connectivity index (χ1v) is 43.0. The first kappa shape index (κ1) is 78.1. The molecule has 1 atom stereocenters. The molecule has 0 saturated carbocycles. The van der Waals surface area contributed by atoms with Crippen LogP contribution in [0.1, 0.15) is 271 Å². The molecule has 0 fully saturated rings. The fraction of sp³-hybridized carbons (Fsp3) is 0.402. The highest BCUT2D eigenvalue weighted by molar-refractivity contribution is 7.06. The van der Waals surface area contributed by atoms with E-state index in [-0.39, 0.29) is 73.5 Å². The maximum absolute atomic E-state index is 2.91. The molecule has 0 saturated heterocycles. The molecule has 0 radical (unpaired) electrons. The van der Waals surface area contributed by atoms with Gasteiger partial charge in [0, 0.05) is 79.6 Å². The van der Waals surface area contributed by atoms with Gasteiger partial charge >= 0.3 is 0 Å². The van der Waals surface area contributed by atoms with E-state index in [9.17, 15) is 0 Å². The molecule has 0 aromatic heterocycles. The largest absolute Gasteiger partial charge is 0.313 e. The lowest BCUT2D eigenvalue weighted by atomic mass is 9.28. The summed E-state index contributed by atoms with van der Waals surface area (Å²) in [7, 11) is 0. The predicted octanol–water partition coefficient (Wildman–Crippen LogP) is 26.7. The Morgan fingerprint density at radius 2 is 0.409 bits per heavy atom. The molecule has 0 N–H and O–H groups in total. The van der Waals surface area contributed by atoms with Gasteiger partial charge in [-0.15, -0.1) is 0 Å². The Bertz CT molecular complexity index is 5720. The summed E-state index contributed by atoms with van der Waals surface area (Å²) in [6, 6.07) is 70.2. The second kappa shape index (κ2) is 25.3. The van der Waals surface area contributed by atoms with E-state index in [1.807, 2.05) is 0 Å². The van der Waals surface area contributed by atoms with E-state index >= 15 is 0 Å². The number of nitrogens with zero attached hydrogens (tertiary/aromatic N) is 6. The molecule has 115 heavy (non-hydrogen) atoms. The van der Waals surface area contributed by atoms with Crippen LogP contribution in [0.4, 0.5) is 96.7 Å². The third kappa shape index (κ3) is 12.4. The fourth-order valence-electron chi connectivity index (χ4n) is 19.9. The number of anilines is 17. The first-order valence-electron chi connectivity index (χ1n) is 43.0. The van der Waals surface area contributed by atoms with Gasteiger partial charge in [0.1, 0.15) is 0 Å². The molecule has 10 aromatic rings. The molecular weight excluding hydrogens is 1390 g/mol. The van der Waals surface area contributed by atoms with Gasteiger partial charge in [-0.3, -0.25) is 0 Å². The van der Waals surface area contributed by atoms with Crippen LogP contribution in [0.3, 0.4) is 0 Å². The molecule has 8 heteroatoms. The van der Waals surface area contributed by atoms with E-state index in [0.717, 1.165) is 34.9 Å². The summed E-state index contributed by atoms with van der Waals surface area (Å²) in [5, 5.41) is 0. The van der Waals surface area contributed by atoms with Crippen LogP contribution in [0.15, 0.2) is 193 Å². The number of rotatable bonds is 6. The quantitative estimate of drug-likeness (QED) is 0.153. The Labute approximate surface area is 692 Å². The van der Waals surface area contributed by atoms with Crippen molar-refractivity contribution in [3.8, 4) is 0 Å². The molecular formula is C107H126B2N6. The van der Waals surface area contributed by atoms with E-state index < -0.39 is 0 Å². The van der Waals surface area contributed by atoms with Crippen molar-refractivity contribution < 1.29 is 0 Å². The third-order valence-electron chi connectivity index (χ3n) is 26.6. The molecule has 17 rings (SSSR count). The van der Waals surface area contributed by atoms with Crippen LogP contribution in [0, 0.1) is 11.3 Å². The van der Waals surface area contributed by atoms with Gasteiger partial charge in [-0.1, -0.05) is 287 Å². The van der Waals surface area contributed by atoms with Gasteiger partial charge in [-0.25, -0.2) is 0 Å². The topological polar surface area (TPSA) is 19.4 Å². The van der Waals surface area contributed by atoms with Crippen LogP contribution >= 0.6 is 0 Å². The molecule has 0 spiro atoms. The summed E-state index contributed by atoms with van der Waals surface area (Å²) >= 11 is 0. The maximum atomic E-state index is 2.91. The van der Waals surface area contributed by atoms with Crippen LogP contribution in [-0.2, 0) is 48.7 Å². The summed E-state index contributed by atoms with van der Waals surface area (Å²) in [6.45, 7) is 73.8. The van der Waals surface area contributed by atoms with Crippen LogP contribution in [-0.4, -0.2) is 13.4 Å². The van der Waals surface area contributed by atoms with Crippen molar-refractivity contribution in [1.29, 1.82) is 0 Å². The maximum Gasteiger partial charge on any atom is 0.257 e. The van der Waals surface area contributed by atoms with E-state index in [1.54, 1.807) is 0 Å². The van der Waals surface area contributed by atoms with E-state index in [0.29, 0.717) is 0 Å². The molecule has 1 unspecified atom stereocenters. The molecule has 0 bridgehead atoms. The molecule has 0 amide bonds. The van der Waals surface area contributed by atoms with Crippen LogP contribution in [0.5, 0.6) is 0 Å². The van der Waals surface area contributed by atoms with E-state index in [1.165, 1.54) is 162 Å². The second-order valence-corrected chi connectivity index (χ2v) is 45.4. The summed E-state index contributed by atoms with van der Waals surface area (Å²) in [5.74, 6) is 0.237. The lowest BCUT2D eigenvalue weighted by Gasteiger charge is -2.56. The second-order valence-electron chi connectivity index (χ2n) is 45.4. The zero-order valence-electron chi connectivity index (χ0n) is 75.4. The molecule has 10 aromatic carbocycles. The number of hydrogen-bond acceptors (Lipinski definition) is 6. The summed E-state index contributed by atoms with van der Waals surface area (Å²) in [5.41, 5.74) is 41.6. The van der Waals surface area contributed by atoms with Gasteiger partial charge in [0.15, 0.2) is 0 Å². The van der Waals surface area contributed by atoms with E-state index in [2.05, 4.69) is 426 Å². The normalized spacial score (nSPS) is 16.5. The molecule has 6 aliphatic heterocycles. The average Bonchev–Trinajstić information content (AvgIpc) is 0.644. The third-order valence-corrected chi connectivity index (χ3v) is 26.6. The monoisotopic (exact) mass is 1520 g/mol. The highest BCUT2D eigenvalue weighted by Crippen LogP contribution is 2.63. The standard InChI is InChI=1S/C107H126B2N6/c1-63-54-78(52-53-79(63)107(29,30)31)115-87-62-72(106(26,27)28)58-83-91(87)109-90-82(111(83)74-44-34-65(35-45-74)99(5,6)7)57-70(104(20,21)22)60-85(90)113(76-48-38-67(39-49-76)101(11,12)13)95-93(109)97(115)96-92-94(95)112(75-46-36-66(37-47-75)100(8,9)10)84-59-69(103(17,18)19)55-80-88(84)108(92)89-81(110(80)73-42-32-64(33-43-73)98(2,3)4)56-71(105(23,24)25)61-86(89)114(96)77-50-40-68(41-51-77)102(14,15)16/h32-53,55-63H,54H2,1-31H3. The van der Waals surface area contributed by atoms with Gasteiger partial charge in [0.2, 0.25) is 0 Å². The molecule has 6 nitrogen and oxygen atoms in total. The minimum absolute atomic E-state index is 0.0486. The van der Waals surface area contributed by atoms with Crippen molar-refractivity contribution in [2.75, 3.05) is 29.4 Å². The van der Waals surface area contributed by atoms with Gasteiger partial charge in [0.25, 0.3) is 13.4 Å². The van der Waals surface area contributed by atoms with Crippen LogP contribution < -0.4 is 62.2 Å². The highest BCUT2D eigenvalue weighted by Gasteiger charge is 2.59. The average molecular weight is 1520 g/mol. The van der Waals surface area contributed by atoms with Crippen molar-refractivity contribution in [2.45, 2.75) is 270 Å². The van der Waals surface area contributed by atoms with Gasteiger partial charge in [0.05, 0.1) is 22.7 Å². The first-order chi connectivity index (χ1) is 53.3. The Morgan fingerprint density at radius 1 is 0.217 bits per heavy atom. The summed E-state index contributed by atoms with van der Waals surface area (Å²) in [4.78, 5) is 16.9. The Morgan fingerprint density at radius 3 is 0.609 bits per heavy atom. The van der Waals surface area contributed by atoms with Crippen molar-refractivity contribution in [3.63, 3.8) is 0 Å². The predicted molar refractivity (Wildman–Crippen MR) is 503 cm³/mol. The van der Waals surface area contributed by atoms with Crippen LogP contribution in [0.25, 0.3) is 0 Å². The van der Waals surface area contributed by atoms with Gasteiger partial charge in [-0.05, 0) is 265 Å². The highest BCUT2D eigenvalue weighted by atomic mass is 15.3. The number of benzene rings is 10. The Hall–Kier alpha value is -9.39. The van der Waals surface area contributed by atoms with Crippen molar-refractivity contribution in [1.82, 2.24) is 0 Å². The molecule has 6 heterocycles. The van der Waals surface area contributed by atoms with E-state index in [4.69, 9.17) is 0 Å². The Kier molecular flexibility index (Phi) is 17.2. The Balaban J connectivity index is 1.17. The van der Waals surface area contributed by atoms with Crippen molar-refractivity contribution in [3.05, 3.63) is 243 Å². The fourth-order valence-corrected chi connectivity index (χ4v) is 19.9. The molecule has 590 valence electrons. The van der Waals surface area contributed by atoms with Crippen molar-refractivity contribution in [2.24, 2.45) is 11.3 Å². The zero-order chi connectivity index (χ0) is 82.7. The van der Waals surface area contributed by atoms with Gasteiger partial charge < -0.3 is 29.4 Å². The van der Waals surface area contributed by atoms with Crippen molar-refractivity contribution >= 4 is 143 Å². The SMILES string of the molecule is CC1CC(N2c3cc(C(C)(C)C)cc4c3B3c5c(cc(C(C)(C)C)cc5N(c5ccc(C(C)(C)C)cc5)c5c3c2c2c3c5N(c5ccc(C(C)(C)C)cc5)c5cc(C(C)(C)C)cc6c5B3c3c(cc(C(C)(C)C)cc3N2c2ccc(C(C)(C)C)cc2)N6c2ccc(C(C)(C)C)cc2)N4c2ccc(C(C)(C)C)cc2)=CC=C1C(C)(C)C. The summed E-state index contributed by atoms with van der Waals surface area (Å²) < 4.78 is 0. The smallest absolute Gasteiger partial charge is 0.257 e. The minimum Gasteiger partial charge on any atom is -0.313 e. The number of allylic oxidation sites excluding steroid dienone is 4. The van der Waals surface area contributed by atoms with Gasteiger partial charge in [-0.2, -0.15) is 0 Å². The number of fused-ring (bicyclic) bond motifs is 2. The number of hydrogen-bond donors (Lipinski definition) is 0. The zero-order valence-corrected chi connectivity index (χ0v) is 75.4. The molecule has 1 aliphatic carbocycles. The minimum atomic E-state index is -0.273. The van der Waals surface area contributed by atoms with Crippen LogP contribution in [0.2, 0.25) is 0 Å². The molecule has 7 aliphatic rings. The summed E-state index contributed by atoms with van der Waals surface area (Å²) in [6.07, 6.45) is 5.96. The lowest BCUT2D eigenvalue weighted by molar-refractivity contribution is 0.428.